The highest BCUT2D eigenvalue weighted by Gasteiger charge is 2.20. The summed E-state index contributed by atoms with van der Waals surface area (Å²) in [7, 11) is -0.712. The first kappa shape index (κ1) is 16.1. The number of carbonyl (C=O) groups excluding carboxylic acids is 1. The third-order valence-corrected chi connectivity index (χ3v) is 4.93. The molecule has 0 radical (unpaired) electrons. The van der Waals surface area contributed by atoms with E-state index >= 15 is 0 Å². The average Bonchev–Trinajstić information content (AvgIpc) is 2.38. The minimum Gasteiger partial charge on any atom is -0.469 e. The molecule has 5 nitrogen and oxygen atoms in total. The minimum atomic E-state index is -3.51. The molecule has 1 aromatic rings. The van der Waals surface area contributed by atoms with Crippen LogP contribution in [-0.2, 0) is 19.6 Å². The highest BCUT2D eigenvalue weighted by Crippen LogP contribution is 2.19. The van der Waals surface area contributed by atoms with Gasteiger partial charge in [0.05, 0.1) is 12.0 Å². The number of esters is 1. The molecule has 1 rings (SSSR count). The van der Waals surface area contributed by atoms with Crippen molar-refractivity contribution in [3.63, 3.8) is 0 Å². The summed E-state index contributed by atoms with van der Waals surface area (Å²) in [5.41, 5.74) is 0. The zero-order valence-corrected chi connectivity index (χ0v) is 13.2. The number of carbonyl (C=O) groups is 1. The van der Waals surface area contributed by atoms with Gasteiger partial charge in [-0.2, -0.15) is 0 Å². The number of sulfonamides is 1. The first-order valence-electron chi connectivity index (χ1n) is 5.66. The van der Waals surface area contributed by atoms with Gasteiger partial charge in [0.25, 0.3) is 0 Å². The fourth-order valence-electron chi connectivity index (χ4n) is 1.48. The van der Waals surface area contributed by atoms with E-state index in [1.165, 1.54) is 24.5 Å². The Balaban J connectivity index is 2.70. The normalized spacial score (nSPS) is 11.6. The Morgan fingerprint density at radius 2 is 2.11 bits per heavy atom. The molecule has 0 amide bonds. The molecule has 7 heteroatoms. The number of rotatable bonds is 6. The van der Waals surface area contributed by atoms with Crippen molar-refractivity contribution < 1.29 is 17.9 Å². The van der Waals surface area contributed by atoms with Crippen LogP contribution in [0.3, 0.4) is 0 Å². The predicted molar refractivity (Wildman–Crippen MR) is 75.2 cm³/mol. The molecular formula is C12H16BrNO4S. The van der Waals surface area contributed by atoms with Crippen LogP contribution >= 0.6 is 15.9 Å². The van der Waals surface area contributed by atoms with Gasteiger partial charge in [0.1, 0.15) is 0 Å². The Morgan fingerprint density at radius 1 is 1.42 bits per heavy atom. The fourth-order valence-corrected chi connectivity index (χ4v) is 3.28. The lowest BCUT2D eigenvalue weighted by molar-refractivity contribution is -0.140. The molecule has 0 saturated carbocycles. The summed E-state index contributed by atoms with van der Waals surface area (Å²) in [6.07, 6.45) is 0.630. The van der Waals surface area contributed by atoms with Crippen LogP contribution in [0.25, 0.3) is 0 Å². The first-order valence-corrected chi connectivity index (χ1v) is 7.90. The summed E-state index contributed by atoms with van der Waals surface area (Å²) in [5.74, 6) is -0.340. The zero-order chi connectivity index (χ0) is 14.5. The molecule has 1 aromatic carbocycles. The fraction of sp³-hybridized carbons (Fsp3) is 0.417. The third kappa shape index (κ3) is 4.59. The van der Waals surface area contributed by atoms with Gasteiger partial charge in [0, 0.05) is 24.5 Å². The molecule has 106 valence electrons. The van der Waals surface area contributed by atoms with E-state index in [0.717, 1.165) is 0 Å². The van der Waals surface area contributed by atoms with Crippen LogP contribution in [0.5, 0.6) is 0 Å². The Bertz CT molecular complexity index is 544. The van der Waals surface area contributed by atoms with E-state index < -0.39 is 10.0 Å². The average molecular weight is 350 g/mol. The Kier molecular flexibility index (Phi) is 5.96. The minimum absolute atomic E-state index is 0.203. The quantitative estimate of drug-likeness (QED) is 0.737. The second-order valence-corrected chi connectivity index (χ2v) is 6.92. The standard InChI is InChI=1S/C12H16BrNO4S/c1-14(8-4-7-12(15)18-2)19(16,17)11-6-3-5-10(13)9-11/h3,5-6,9H,4,7-8H2,1-2H3. The van der Waals surface area contributed by atoms with Crippen molar-refractivity contribution in [2.45, 2.75) is 17.7 Å². The van der Waals surface area contributed by atoms with E-state index in [4.69, 9.17) is 0 Å². The van der Waals surface area contributed by atoms with E-state index in [-0.39, 0.29) is 23.8 Å². The van der Waals surface area contributed by atoms with Crippen molar-refractivity contribution in [3.8, 4) is 0 Å². The van der Waals surface area contributed by atoms with Crippen molar-refractivity contribution in [2.24, 2.45) is 0 Å². The third-order valence-electron chi connectivity index (χ3n) is 2.59. The topological polar surface area (TPSA) is 63.7 Å². The molecule has 19 heavy (non-hydrogen) atoms. The number of halogens is 1. The van der Waals surface area contributed by atoms with Crippen LogP contribution in [0.4, 0.5) is 0 Å². The largest absolute Gasteiger partial charge is 0.469 e. The number of hydrogen-bond donors (Lipinski definition) is 0. The van der Waals surface area contributed by atoms with Crippen LogP contribution in [-0.4, -0.2) is 39.4 Å². The van der Waals surface area contributed by atoms with Gasteiger partial charge in [-0.3, -0.25) is 4.79 Å². The maximum absolute atomic E-state index is 12.2. The molecule has 0 heterocycles. The Labute approximate surface area is 121 Å². The van der Waals surface area contributed by atoms with Crippen molar-refractivity contribution in [1.29, 1.82) is 0 Å². The molecule has 0 unspecified atom stereocenters. The van der Waals surface area contributed by atoms with E-state index in [0.29, 0.717) is 10.9 Å². The second kappa shape index (κ2) is 7.02. The van der Waals surface area contributed by atoms with E-state index in [1.807, 2.05) is 0 Å². The summed E-state index contributed by atoms with van der Waals surface area (Å²) >= 11 is 3.24. The molecule has 0 bridgehead atoms. The van der Waals surface area contributed by atoms with Crippen LogP contribution in [0.2, 0.25) is 0 Å². The lowest BCUT2D eigenvalue weighted by Gasteiger charge is -2.17. The number of ether oxygens (including phenoxy) is 1. The van der Waals surface area contributed by atoms with E-state index in [2.05, 4.69) is 20.7 Å². The lowest BCUT2D eigenvalue weighted by Crippen LogP contribution is -2.28. The highest BCUT2D eigenvalue weighted by molar-refractivity contribution is 9.10. The Hall–Kier alpha value is -0.920. The summed E-state index contributed by atoms with van der Waals surface area (Å²) in [6, 6.07) is 6.51. The monoisotopic (exact) mass is 349 g/mol. The predicted octanol–water partition coefficient (Wildman–Crippen LogP) is 2.02. The first-order chi connectivity index (χ1) is 8.87. The summed E-state index contributed by atoms with van der Waals surface area (Å²) in [5, 5.41) is 0. The summed E-state index contributed by atoms with van der Waals surface area (Å²) < 4.78 is 30.9. The van der Waals surface area contributed by atoms with Crippen LogP contribution in [0.15, 0.2) is 33.6 Å². The summed E-state index contributed by atoms with van der Waals surface area (Å²) in [6.45, 7) is 0.268. The zero-order valence-electron chi connectivity index (χ0n) is 10.8. The molecule has 0 N–H and O–H groups in total. The maximum atomic E-state index is 12.2. The molecule has 0 fully saturated rings. The molecule has 0 aromatic heterocycles. The van der Waals surface area contributed by atoms with Crippen molar-refractivity contribution >= 4 is 31.9 Å². The van der Waals surface area contributed by atoms with Crippen molar-refractivity contribution in [3.05, 3.63) is 28.7 Å². The molecule has 0 aliphatic heterocycles. The van der Waals surface area contributed by atoms with Crippen LogP contribution in [0, 0.1) is 0 Å². The molecule has 0 aliphatic rings. The van der Waals surface area contributed by atoms with Gasteiger partial charge >= 0.3 is 5.97 Å². The molecule has 0 aliphatic carbocycles. The smallest absolute Gasteiger partial charge is 0.305 e. The second-order valence-electron chi connectivity index (χ2n) is 3.96. The number of hydrogen-bond acceptors (Lipinski definition) is 4. The van der Waals surface area contributed by atoms with Gasteiger partial charge in [-0.25, -0.2) is 12.7 Å². The van der Waals surface area contributed by atoms with Gasteiger partial charge in [-0.15, -0.1) is 0 Å². The van der Waals surface area contributed by atoms with Gasteiger partial charge in [-0.1, -0.05) is 22.0 Å². The molecule has 0 saturated heterocycles. The van der Waals surface area contributed by atoms with Crippen LogP contribution in [0.1, 0.15) is 12.8 Å². The number of methoxy groups -OCH3 is 1. The highest BCUT2D eigenvalue weighted by atomic mass is 79.9. The van der Waals surface area contributed by atoms with E-state index in [1.54, 1.807) is 18.2 Å². The lowest BCUT2D eigenvalue weighted by atomic mass is 10.3. The van der Waals surface area contributed by atoms with E-state index in [9.17, 15) is 13.2 Å². The maximum Gasteiger partial charge on any atom is 0.305 e. The molecule has 0 atom stereocenters. The van der Waals surface area contributed by atoms with Gasteiger partial charge in [-0.05, 0) is 24.6 Å². The van der Waals surface area contributed by atoms with Crippen LogP contribution < -0.4 is 0 Å². The van der Waals surface area contributed by atoms with Gasteiger partial charge in [0.15, 0.2) is 0 Å². The number of nitrogens with zero attached hydrogens (tertiary/aromatic N) is 1. The summed E-state index contributed by atoms with van der Waals surface area (Å²) in [4.78, 5) is 11.2. The van der Waals surface area contributed by atoms with Gasteiger partial charge < -0.3 is 4.74 Å². The van der Waals surface area contributed by atoms with Crippen molar-refractivity contribution in [1.82, 2.24) is 4.31 Å². The van der Waals surface area contributed by atoms with Crippen molar-refractivity contribution in [2.75, 3.05) is 20.7 Å². The molecule has 0 spiro atoms. The Morgan fingerprint density at radius 3 is 2.68 bits per heavy atom. The number of benzene rings is 1. The van der Waals surface area contributed by atoms with Gasteiger partial charge in [0.2, 0.25) is 10.0 Å². The SMILES string of the molecule is COC(=O)CCCN(C)S(=O)(=O)c1cccc(Br)c1. The molecular weight excluding hydrogens is 334 g/mol.